The van der Waals surface area contributed by atoms with Crippen LogP contribution in [-0.4, -0.2) is 40.3 Å². The van der Waals surface area contributed by atoms with E-state index in [1.165, 1.54) is 6.07 Å². The summed E-state index contributed by atoms with van der Waals surface area (Å²) < 4.78 is 23.8. The van der Waals surface area contributed by atoms with Gasteiger partial charge in [-0.15, -0.1) is 24.0 Å². The largest absolute Gasteiger partial charge is 0.493 e. The lowest BCUT2D eigenvalue weighted by Gasteiger charge is -2.13. The number of nitrogens with one attached hydrogen (secondary N) is 2. The van der Waals surface area contributed by atoms with Gasteiger partial charge in [0, 0.05) is 20.1 Å². The zero-order valence-electron chi connectivity index (χ0n) is 16.6. The van der Waals surface area contributed by atoms with Crippen molar-refractivity contribution < 1.29 is 13.9 Å². The second-order valence-electron chi connectivity index (χ2n) is 6.10. The van der Waals surface area contributed by atoms with Crippen molar-refractivity contribution in [2.45, 2.75) is 19.3 Å². The molecule has 0 aromatic heterocycles. The van der Waals surface area contributed by atoms with E-state index >= 15 is 0 Å². The van der Waals surface area contributed by atoms with Crippen molar-refractivity contribution in [3.05, 3.63) is 59.4 Å². The number of aryl methyl sites for hydroxylation is 1. The summed E-state index contributed by atoms with van der Waals surface area (Å²) in [4.78, 5) is 4.23. The van der Waals surface area contributed by atoms with Crippen LogP contribution in [0, 0.1) is 5.82 Å². The Morgan fingerprint density at radius 2 is 1.64 bits per heavy atom. The van der Waals surface area contributed by atoms with Crippen molar-refractivity contribution in [2.24, 2.45) is 4.99 Å². The molecule has 0 atom stereocenters. The molecule has 0 unspecified atom stereocenters. The highest BCUT2D eigenvalue weighted by atomic mass is 127. The summed E-state index contributed by atoms with van der Waals surface area (Å²) in [5, 5.41) is 6.58. The highest BCUT2D eigenvalue weighted by Crippen LogP contribution is 2.27. The number of nitrogens with zero attached hydrogens (tertiary/aromatic N) is 1. The maximum atomic E-state index is 13.2. The fourth-order valence-electron chi connectivity index (χ4n) is 2.77. The topological polar surface area (TPSA) is 54.9 Å². The smallest absolute Gasteiger partial charge is 0.190 e. The summed E-state index contributed by atoms with van der Waals surface area (Å²) in [5.41, 5.74) is 2.16. The molecule has 0 saturated heterocycles. The first kappa shape index (κ1) is 24.0. The SMILES string of the molecule is CN=C(NCCCc1cccc(F)c1)NCCc1ccc(OC)c(OC)c1.I. The van der Waals surface area contributed by atoms with Gasteiger partial charge in [0.05, 0.1) is 14.2 Å². The normalized spacial score (nSPS) is 10.8. The number of benzene rings is 2. The van der Waals surface area contributed by atoms with Crippen molar-refractivity contribution in [3.8, 4) is 11.5 Å². The van der Waals surface area contributed by atoms with Gasteiger partial charge in [-0.05, 0) is 54.7 Å². The van der Waals surface area contributed by atoms with Gasteiger partial charge in [0.1, 0.15) is 5.82 Å². The molecule has 2 N–H and O–H groups in total. The highest BCUT2D eigenvalue weighted by molar-refractivity contribution is 14.0. The van der Waals surface area contributed by atoms with Gasteiger partial charge in [-0.3, -0.25) is 4.99 Å². The Kier molecular flexibility index (Phi) is 11.3. The molecule has 0 spiro atoms. The van der Waals surface area contributed by atoms with Gasteiger partial charge in [-0.25, -0.2) is 4.39 Å². The van der Waals surface area contributed by atoms with E-state index in [2.05, 4.69) is 15.6 Å². The Balaban J connectivity index is 0.00000392. The van der Waals surface area contributed by atoms with Crippen molar-refractivity contribution in [2.75, 3.05) is 34.4 Å². The molecule has 0 aliphatic carbocycles. The molecule has 2 aromatic carbocycles. The molecule has 2 rings (SSSR count). The van der Waals surface area contributed by atoms with E-state index < -0.39 is 0 Å². The van der Waals surface area contributed by atoms with Crippen molar-refractivity contribution in [3.63, 3.8) is 0 Å². The molecule has 2 aromatic rings. The van der Waals surface area contributed by atoms with Gasteiger partial charge < -0.3 is 20.1 Å². The molecule has 0 saturated carbocycles. The van der Waals surface area contributed by atoms with Crippen LogP contribution >= 0.6 is 24.0 Å². The van der Waals surface area contributed by atoms with Crippen LogP contribution in [0.15, 0.2) is 47.5 Å². The van der Waals surface area contributed by atoms with Crippen LogP contribution in [0.4, 0.5) is 4.39 Å². The van der Waals surface area contributed by atoms with E-state index in [-0.39, 0.29) is 29.8 Å². The third-order valence-corrected chi connectivity index (χ3v) is 4.20. The van der Waals surface area contributed by atoms with Crippen molar-refractivity contribution in [1.82, 2.24) is 10.6 Å². The Hall–Kier alpha value is -2.03. The van der Waals surface area contributed by atoms with Gasteiger partial charge >= 0.3 is 0 Å². The molecule has 154 valence electrons. The molecule has 5 nitrogen and oxygen atoms in total. The molecule has 0 amide bonds. The minimum absolute atomic E-state index is 0. The average Bonchev–Trinajstić information content (AvgIpc) is 2.69. The predicted octanol–water partition coefficient (Wildman–Crippen LogP) is 3.80. The predicted molar refractivity (Wildman–Crippen MR) is 123 cm³/mol. The molecule has 0 heterocycles. The van der Waals surface area contributed by atoms with Crippen LogP contribution in [0.2, 0.25) is 0 Å². The molecule has 0 fully saturated rings. The fourth-order valence-corrected chi connectivity index (χ4v) is 2.77. The second-order valence-corrected chi connectivity index (χ2v) is 6.10. The van der Waals surface area contributed by atoms with E-state index in [4.69, 9.17) is 9.47 Å². The van der Waals surface area contributed by atoms with E-state index in [0.717, 1.165) is 60.9 Å². The van der Waals surface area contributed by atoms with Gasteiger partial charge in [0.25, 0.3) is 0 Å². The van der Waals surface area contributed by atoms with E-state index in [9.17, 15) is 4.39 Å². The molecule has 7 heteroatoms. The summed E-state index contributed by atoms with van der Waals surface area (Å²) in [7, 11) is 5.01. The average molecular weight is 501 g/mol. The molecule has 0 bridgehead atoms. The lowest BCUT2D eigenvalue weighted by Crippen LogP contribution is -2.38. The Morgan fingerprint density at radius 3 is 2.32 bits per heavy atom. The molecule has 28 heavy (non-hydrogen) atoms. The number of methoxy groups -OCH3 is 2. The van der Waals surface area contributed by atoms with Crippen LogP contribution in [0.25, 0.3) is 0 Å². The molecule has 0 radical (unpaired) electrons. The molecular weight excluding hydrogens is 472 g/mol. The van der Waals surface area contributed by atoms with Gasteiger partial charge in [-0.1, -0.05) is 18.2 Å². The minimum Gasteiger partial charge on any atom is -0.493 e. The van der Waals surface area contributed by atoms with Gasteiger partial charge in [0.15, 0.2) is 17.5 Å². The summed E-state index contributed by atoms with van der Waals surface area (Å²) in [6.07, 6.45) is 2.57. The number of aliphatic imine (C=N–C) groups is 1. The van der Waals surface area contributed by atoms with E-state index in [1.54, 1.807) is 33.4 Å². The first-order valence-electron chi connectivity index (χ1n) is 9.06. The summed E-state index contributed by atoms with van der Waals surface area (Å²) in [6.45, 7) is 1.52. The Labute approximate surface area is 183 Å². The van der Waals surface area contributed by atoms with E-state index in [1.807, 2.05) is 24.3 Å². The van der Waals surface area contributed by atoms with Crippen molar-refractivity contribution >= 4 is 29.9 Å². The quantitative estimate of drug-likeness (QED) is 0.238. The number of hydrogen-bond acceptors (Lipinski definition) is 3. The Morgan fingerprint density at radius 1 is 0.929 bits per heavy atom. The number of rotatable bonds is 9. The number of ether oxygens (including phenoxy) is 2. The standard InChI is InChI=1S/C21H28FN3O2.HI/c1-23-21(24-12-5-7-16-6-4-8-18(22)14-16)25-13-11-17-9-10-19(26-2)20(15-17)27-3;/h4,6,8-10,14-15H,5,7,11-13H2,1-3H3,(H2,23,24,25);1H. The fraction of sp³-hybridized carbons (Fsp3) is 0.381. The highest BCUT2D eigenvalue weighted by Gasteiger charge is 2.05. The zero-order valence-corrected chi connectivity index (χ0v) is 19.0. The summed E-state index contributed by atoms with van der Waals surface area (Å²) in [5.74, 6) is 2.03. The summed E-state index contributed by atoms with van der Waals surface area (Å²) in [6, 6.07) is 12.6. The number of hydrogen-bond donors (Lipinski definition) is 2. The van der Waals surface area contributed by atoms with Crippen LogP contribution in [0.1, 0.15) is 17.5 Å². The van der Waals surface area contributed by atoms with Gasteiger partial charge in [-0.2, -0.15) is 0 Å². The monoisotopic (exact) mass is 501 g/mol. The molecule has 0 aliphatic rings. The van der Waals surface area contributed by atoms with Crippen LogP contribution < -0.4 is 20.1 Å². The first-order valence-corrected chi connectivity index (χ1v) is 9.06. The van der Waals surface area contributed by atoms with Crippen LogP contribution in [0.3, 0.4) is 0 Å². The van der Waals surface area contributed by atoms with Crippen molar-refractivity contribution in [1.29, 1.82) is 0 Å². The van der Waals surface area contributed by atoms with Crippen LogP contribution in [-0.2, 0) is 12.8 Å². The third kappa shape index (κ3) is 7.92. The summed E-state index contributed by atoms with van der Waals surface area (Å²) >= 11 is 0. The van der Waals surface area contributed by atoms with Gasteiger partial charge in [0.2, 0.25) is 0 Å². The molecule has 0 aliphatic heterocycles. The maximum absolute atomic E-state index is 13.2. The lowest BCUT2D eigenvalue weighted by molar-refractivity contribution is 0.354. The maximum Gasteiger partial charge on any atom is 0.190 e. The van der Waals surface area contributed by atoms with E-state index in [0.29, 0.717) is 0 Å². The lowest BCUT2D eigenvalue weighted by atomic mass is 10.1. The second kappa shape index (κ2) is 13.2. The molecular formula is C21H29FIN3O2. The van der Waals surface area contributed by atoms with Crippen LogP contribution in [0.5, 0.6) is 11.5 Å². The first-order chi connectivity index (χ1) is 13.2. The minimum atomic E-state index is -0.187. The zero-order chi connectivity index (χ0) is 19.5. The number of guanidine groups is 1. The Bertz CT molecular complexity index is 756. The number of halogens is 2. The third-order valence-electron chi connectivity index (χ3n) is 4.20.